The molecule has 2 heterocycles. The number of methoxy groups -OCH3 is 2. The standard InChI is InChI=1S/C40H48FN4O8P/c1-26(2)45(27(3)4)54(51-23-11-22-42)53-36-34(52-38(35(36)41)44-24-28(5)37(46)43-39(44)47)25-50-40(29-12-9-8-10-13-29,30-14-18-32(48-6)19-15-30)31-16-20-33(49-7)21-17-31/h8-10,12-21,24,26-27,34-36,38H,11,23,25H2,1-7H3,(H,43,46,47)/t34-,35+,36-,38-,54?/m1/s1. The summed E-state index contributed by atoms with van der Waals surface area (Å²) in [6.07, 6.45) is -4.38. The van der Waals surface area contributed by atoms with Crippen molar-refractivity contribution in [1.82, 2.24) is 14.2 Å². The molecule has 288 valence electrons. The molecule has 1 fully saturated rings. The molecule has 0 aliphatic carbocycles. The molecule has 1 N–H and O–H groups in total. The van der Waals surface area contributed by atoms with E-state index in [0.29, 0.717) is 11.5 Å². The predicted molar refractivity (Wildman–Crippen MR) is 203 cm³/mol. The van der Waals surface area contributed by atoms with Crippen molar-refractivity contribution < 1.29 is 32.4 Å². The van der Waals surface area contributed by atoms with Crippen LogP contribution in [0.2, 0.25) is 0 Å². The van der Waals surface area contributed by atoms with Crippen LogP contribution in [0.4, 0.5) is 4.39 Å². The molecule has 1 aliphatic rings. The van der Waals surface area contributed by atoms with Crippen molar-refractivity contribution in [2.45, 2.75) is 83.3 Å². The van der Waals surface area contributed by atoms with Gasteiger partial charge in [0.1, 0.15) is 29.3 Å². The van der Waals surface area contributed by atoms with E-state index in [0.717, 1.165) is 21.3 Å². The number of hydrogen-bond acceptors (Lipinski definition) is 10. The van der Waals surface area contributed by atoms with Gasteiger partial charge in [-0.05, 0) is 75.6 Å². The van der Waals surface area contributed by atoms with Crippen molar-refractivity contribution in [1.29, 1.82) is 5.26 Å². The molecule has 3 aromatic carbocycles. The van der Waals surface area contributed by atoms with Crippen molar-refractivity contribution in [3.63, 3.8) is 0 Å². The van der Waals surface area contributed by atoms with Crippen LogP contribution < -0.4 is 20.7 Å². The number of hydrogen-bond donors (Lipinski definition) is 1. The summed E-state index contributed by atoms with van der Waals surface area (Å²) in [5.41, 5.74) is -0.177. The summed E-state index contributed by atoms with van der Waals surface area (Å²) in [7, 11) is 1.25. The van der Waals surface area contributed by atoms with Crippen LogP contribution >= 0.6 is 8.53 Å². The molecule has 1 saturated heterocycles. The predicted octanol–water partition coefficient (Wildman–Crippen LogP) is 6.77. The van der Waals surface area contributed by atoms with Gasteiger partial charge in [0.25, 0.3) is 14.1 Å². The second-order valence-electron chi connectivity index (χ2n) is 13.4. The third kappa shape index (κ3) is 8.76. The Morgan fingerprint density at radius 3 is 2.00 bits per heavy atom. The van der Waals surface area contributed by atoms with Gasteiger partial charge in [-0.2, -0.15) is 5.26 Å². The fourth-order valence-electron chi connectivity index (χ4n) is 6.63. The highest BCUT2D eigenvalue weighted by Crippen LogP contribution is 2.51. The Kier molecular flexibility index (Phi) is 13.8. The first-order valence-electron chi connectivity index (χ1n) is 17.8. The highest BCUT2D eigenvalue weighted by Gasteiger charge is 2.51. The van der Waals surface area contributed by atoms with Crippen LogP contribution in [0.1, 0.15) is 62.6 Å². The third-order valence-electron chi connectivity index (χ3n) is 9.20. The summed E-state index contributed by atoms with van der Waals surface area (Å²) in [4.78, 5) is 27.6. The number of aryl methyl sites for hydroxylation is 1. The number of nitriles is 1. The minimum atomic E-state index is -1.93. The molecule has 12 nitrogen and oxygen atoms in total. The SMILES string of the molecule is COc1ccc(C(OC[C@H]2O[C@@H](n3cc(C)c(=O)[nH]c3=O)[C@@H](F)[C@@H]2OP(OCCC#N)N(C(C)C)C(C)C)(c2ccccc2)c2ccc(OC)cc2)cc1. The van der Waals surface area contributed by atoms with Crippen LogP contribution in [0, 0.1) is 18.3 Å². The highest BCUT2D eigenvalue weighted by molar-refractivity contribution is 7.44. The van der Waals surface area contributed by atoms with Crippen molar-refractivity contribution in [2.24, 2.45) is 0 Å². The first-order valence-corrected chi connectivity index (χ1v) is 18.9. The smallest absolute Gasteiger partial charge is 0.330 e. The normalized spacial score (nSPS) is 19.3. The van der Waals surface area contributed by atoms with E-state index in [1.807, 2.05) is 111 Å². The van der Waals surface area contributed by atoms with Gasteiger partial charge in [0, 0.05) is 23.8 Å². The van der Waals surface area contributed by atoms with Crippen LogP contribution in [-0.2, 0) is 24.1 Å². The van der Waals surface area contributed by atoms with Gasteiger partial charge in [0.15, 0.2) is 12.4 Å². The van der Waals surface area contributed by atoms with Gasteiger partial charge in [-0.15, -0.1) is 0 Å². The van der Waals surface area contributed by atoms with Crippen LogP contribution in [0.15, 0.2) is 94.6 Å². The Morgan fingerprint density at radius 1 is 0.926 bits per heavy atom. The Balaban J connectivity index is 1.64. The Hall–Kier alpha value is -4.41. The Labute approximate surface area is 316 Å². The lowest BCUT2D eigenvalue weighted by Crippen LogP contribution is -2.41. The molecule has 14 heteroatoms. The number of nitrogens with zero attached hydrogens (tertiary/aromatic N) is 3. The maximum absolute atomic E-state index is 17.1. The molecule has 5 rings (SSSR count). The van der Waals surface area contributed by atoms with Crippen LogP contribution in [-0.4, -0.2) is 72.1 Å². The van der Waals surface area contributed by atoms with Crippen LogP contribution in [0.25, 0.3) is 0 Å². The summed E-state index contributed by atoms with van der Waals surface area (Å²) in [6, 6.07) is 26.6. The first kappa shape index (κ1) is 40.8. The van der Waals surface area contributed by atoms with Gasteiger partial charge in [-0.3, -0.25) is 14.3 Å². The lowest BCUT2D eigenvalue weighted by molar-refractivity contribution is -0.0935. The summed E-state index contributed by atoms with van der Waals surface area (Å²) in [5, 5.41) is 9.27. The number of H-pyrrole nitrogens is 1. The molecule has 5 atom stereocenters. The van der Waals surface area contributed by atoms with E-state index < -0.39 is 50.0 Å². The van der Waals surface area contributed by atoms with Crippen molar-refractivity contribution in [3.8, 4) is 17.6 Å². The second-order valence-corrected chi connectivity index (χ2v) is 14.8. The monoisotopic (exact) mass is 762 g/mol. The number of benzene rings is 3. The zero-order valence-electron chi connectivity index (χ0n) is 31.6. The average Bonchev–Trinajstić information content (AvgIpc) is 3.47. The van der Waals surface area contributed by atoms with E-state index in [9.17, 15) is 14.9 Å². The molecular weight excluding hydrogens is 714 g/mol. The zero-order chi connectivity index (χ0) is 39.0. The highest BCUT2D eigenvalue weighted by atomic mass is 31.2. The summed E-state index contributed by atoms with van der Waals surface area (Å²) >= 11 is 0. The van der Waals surface area contributed by atoms with E-state index in [2.05, 4.69) is 11.1 Å². The number of aromatic nitrogens is 2. The van der Waals surface area contributed by atoms with Crippen molar-refractivity contribution in [3.05, 3.63) is 128 Å². The molecule has 0 bridgehead atoms. The van der Waals surface area contributed by atoms with Crippen molar-refractivity contribution in [2.75, 3.05) is 27.4 Å². The number of ether oxygens (including phenoxy) is 4. The molecule has 54 heavy (non-hydrogen) atoms. The van der Waals surface area contributed by atoms with Crippen LogP contribution in [0.5, 0.6) is 11.5 Å². The molecule has 1 aliphatic heterocycles. The maximum atomic E-state index is 17.1. The van der Waals surface area contributed by atoms with Gasteiger partial charge in [0.2, 0.25) is 0 Å². The van der Waals surface area contributed by atoms with Gasteiger partial charge in [0.05, 0.1) is 39.9 Å². The topological polar surface area (TPSA) is 137 Å². The Morgan fingerprint density at radius 2 is 1.48 bits per heavy atom. The number of nitrogens with one attached hydrogen (secondary N) is 1. The largest absolute Gasteiger partial charge is 0.497 e. The number of aromatic amines is 1. The molecule has 4 aromatic rings. The zero-order valence-corrected chi connectivity index (χ0v) is 32.5. The number of rotatable bonds is 17. The third-order valence-corrected chi connectivity index (χ3v) is 11.3. The molecule has 1 aromatic heterocycles. The summed E-state index contributed by atoms with van der Waals surface area (Å²) < 4.78 is 57.3. The minimum absolute atomic E-state index is 0.0654. The molecule has 0 amide bonds. The van der Waals surface area contributed by atoms with Gasteiger partial charge in [-0.25, -0.2) is 13.9 Å². The minimum Gasteiger partial charge on any atom is -0.497 e. The van der Waals surface area contributed by atoms with Gasteiger partial charge < -0.3 is 28.0 Å². The average molecular weight is 763 g/mol. The lowest BCUT2D eigenvalue weighted by atomic mass is 9.80. The Bertz CT molecular complexity index is 1910. The van der Waals surface area contributed by atoms with E-state index in [-0.39, 0.29) is 37.3 Å². The maximum Gasteiger partial charge on any atom is 0.330 e. The lowest BCUT2D eigenvalue weighted by Gasteiger charge is -2.39. The van der Waals surface area contributed by atoms with E-state index >= 15 is 4.39 Å². The number of alkyl halides is 1. The van der Waals surface area contributed by atoms with Gasteiger partial charge in [-0.1, -0.05) is 54.6 Å². The van der Waals surface area contributed by atoms with E-state index in [1.54, 1.807) is 14.2 Å². The number of halogens is 1. The fourth-order valence-corrected chi connectivity index (χ4v) is 8.40. The van der Waals surface area contributed by atoms with Crippen LogP contribution in [0.3, 0.4) is 0 Å². The van der Waals surface area contributed by atoms with Gasteiger partial charge >= 0.3 is 5.69 Å². The fraction of sp³-hybridized carbons (Fsp3) is 0.425. The van der Waals surface area contributed by atoms with Crippen molar-refractivity contribution >= 4 is 8.53 Å². The van der Waals surface area contributed by atoms with E-state index in [4.69, 9.17) is 28.0 Å². The second kappa shape index (κ2) is 18.3. The molecular formula is C40H48FN4O8P. The first-order chi connectivity index (χ1) is 25.9. The quantitative estimate of drug-likeness (QED) is 0.0698. The molecule has 0 saturated carbocycles. The van der Waals surface area contributed by atoms with E-state index in [1.165, 1.54) is 13.1 Å². The summed E-state index contributed by atoms with van der Waals surface area (Å²) in [6.45, 7) is 9.30. The molecule has 1 unspecified atom stereocenters. The summed E-state index contributed by atoms with van der Waals surface area (Å²) in [5.74, 6) is 1.30. The molecule has 0 radical (unpaired) electrons. The molecule has 0 spiro atoms.